The first-order chi connectivity index (χ1) is 11.0. The van der Waals surface area contributed by atoms with Gasteiger partial charge in [0.2, 0.25) is 0 Å². The van der Waals surface area contributed by atoms with E-state index in [0.717, 1.165) is 16.7 Å². The predicted octanol–water partition coefficient (Wildman–Crippen LogP) is 3.79. The number of carbonyl (C=O) groups excluding carboxylic acids is 1. The maximum atomic E-state index is 12.4. The zero-order valence-corrected chi connectivity index (χ0v) is 15.3. The summed E-state index contributed by atoms with van der Waals surface area (Å²) in [6.45, 7) is 11.8. The lowest BCUT2D eigenvalue weighted by Gasteiger charge is -2.29. The van der Waals surface area contributed by atoms with Crippen molar-refractivity contribution in [3.63, 3.8) is 0 Å². The highest BCUT2D eigenvalue weighted by molar-refractivity contribution is 5.82. The van der Waals surface area contributed by atoms with Crippen LogP contribution in [0.2, 0.25) is 0 Å². The molecule has 132 valence electrons. The molecule has 0 bridgehead atoms. The highest BCUT2D eigenvalue weighted by Gasteiger charge is 2.44. The maximum Gasteiger partial charge on any atom is 0.411 e. The molecular weight excluding hydrogens is 306 g/mol. The molecule has 1 aromatic rings. The van der Waals surface area contributed by atoms with E-state index in [2.05, 4.69) is 12.1 Å². The Morgan fingerprint density at radius 3 is 2.25 bits per heavy atom. The summed E-state index contributed by atoms with van der Waals surface area (Å²) in [5.41, 5.74) is 3.76. The number of carboxylic acids is 1. The molecule has 0 aromatic heterocycles. The number of aliphatic carboxylic acids is 1. The topological polar surface area (TPSA) is 66.8 Å². The summed E-state index contributed by atoms with van der Waals surface area (Å²) < 4.78 is 5.38. The summed E-state index contributed by atoms with van der Waals surface area (Å²) in [4.78, 5) is 25.6. The van der Waals surface area contributed by atoms with Gasteiger partial charge in [-0.05, 0) is 70.2 Å². The van der Waals surface area contributed by atoms with Gasteiger partial charge in [0.25, 0.3) is 0 Å². The third-order valence-electron chi connectivity index (χ3n) is 4.56. The van der Waals surface area contributed by atoms with Crippen molar-refractivity contribution in [3.05, 3.63) is 34.4 Å². The van der Waals surface area contributed by atoms with E-state index in [1.807, 2.05) is 20.8 Å². The van der Waals surface area contributed by atoms with Crippen molar-refractivity contribution in [2.24, 2.45) is 0 Å². The lowest BCUT2D eigenvalue weighted by Crippen LogP contribution is -2.45. The molecule has 24 heavy (non-hydrogen) atoms. The van der Waals surface area contributed by atoms with Gasteiger partial charge in [-0.25, -0.2) is 9.59 Å². The molecule has 1 aliphatic rings. The van der Waals surface area contributed by atoms with Crippen LogP contribution in [0.1, 0.15) is 55.4 Å². The van der Waals surface area contributed by atoms with Crippen LogP contribution in [0.25, 0.3) is 0 Å². The summed E-state index contributed by atoms with van der Waals surface area (Å²) in [5.74, 6) is -1.20. The van der Waals surface area contributed by atoms with E-state index < -0.39 is 23.7 Å². The molecule has 1 fully saturated rings. The second-order valence-electron chi connectivity index (χ2n) is 7.65. The van der Waals surface area contributed by atoms with Crippen LogP contribution in [-0.4, -0.2) is 40.3 Å². The SMILES string of the molecule is Cc1cc(C)c([C@H]2CCN(C(=O)OC(C)(C)C)[C@@H]2C(=O)O)cc1C. The molecule has 1 heterocycles. The third kappa shape index (κ3) is 3.71. The Balaban J connectivity index is 2.35. The lowest BCUT2D eigenvalue weighted by molar-refractivity contribution is -0.142. The van der Waals surface area contributed by atoms with Gasteiger partial charge in [0, 0.05) is 12.5 Å². The van der Waals surface area contributed by atoms with Crippen molar-refractivity contribution in [1.82, 2.24) is 4.90 Å². The van der Waals surface area contributed by atoms with Gasteiger partial charge in [-0.2, -0.15) is 0 Å². The van der Waals surface area contributed by atoms with Crippen molar-refractivity contribution in [1.29, 1.82) is 0 Å². The standard InChI is InChI=1S/C19H27NO4/c1-11-9-13(3)15(10-12(11)2)14-7-8-20(16(14)17(21)22)18(23)24-19(4,5)6/h9-10,14,16H,7-8H2,1-6H3,(H,21,22)/t14-,16+/m1/s1. The Kier molecular flexibility index (Phi) is 4.92. The highest BCUT2D eigenvalue weighted by Crippen LogP contribution is 2.37. The van der Waals surface area contributed by atoms with Crippen LogP contribution in [-0.2, 0) is 9.53 Å². The van der Waals surface area contributed by atoms with Crippen molar-refractivity contribution >= 4 is 12.1 Å². The van der Waals surface area contributed by atoms with Gasteiger partial charge in [0.05, 0.1) is 0 Å². The Morgan fingerprint density at radius 1 is 1.12 bits per heavy atom. The number of carbonyl (C=O) groups is 2. The summed E-state index contributed by atoms with van der Waals surface area (Å²) >= 11 is 0. The largest absolute Gasteiger partial charge is 0.480 e. The number of benzene rings is 1. The molecule has 2 rings (SSSR count). The molecule has 2 atom stereocenters. The van der Waals surface area contributed by atoms with Crippen LogP contribution in [0.15, 0.2) is 12.1 Å². The lowest BCUT2D eigenvalue weighted by atomic mass is 9.86. The Morgan fingerprint density at radius 2 is 1.71 bits per heavy atom. The summed E-state index contributed by atoms with van der Waals surface area (Å²) in [6.07, 6.45) is 0.0680. The average molecular weight is 333 g/mol. The van der Waals surface area contributed by atoms with Gasteiger partial charge in [-0.15, -0.1) is 0 Å². The molecule has 1 aromatic carbocycles. The number of ether oxygens (including phenoxy) is 1. The molecule has 0 radical (unpaired) electrons. The summed E-state index contributed by atoms with van der Waals surface area (Å²) in [6, 6.07) is 3.25. The second kappa shape index (κ2) is 6.46. The minimum absolute atomic E-state index is 0.214. The predicted molar refractivity (Wildman–Crippen MR) is 92.4 cm³/mol. The van der Waals surface area contributed by atoms with E-state index in [4.69, 9.17) is 4.74 Å². The van der Waals surface area contributed by atoms with Crippen LogP contribution in [0.5, 0.6) is 0 Å². The minimum atomic E-state index is -0.985. The first kappa shape index (κ1) is 18.3. The zero-order valence-electron chi connectivity index (χ0n) is 15.3. The number of aryl methyl sites for hydroxylation is 3. The van der Waals surface area contributed by atoms with Gasteiger partial charge in [0.1, 0.15) is 11.6 Å². The number of rotatable bonds is 2. The molecule has 1 N–H and O–H groups in total. The summed E-state index contributed by atoms with van der Waals surface area (Å²) in [7, 11) is 0. The van der Waals surface area contributed by atoms with E-state index in [1.165, 1.54) is 10.5 Å². The first-order valence-electron chi connectivity index (χ1n) is 8.31. The van der Waals surface area contributed by atoms with Gasteiger partial charge < -0.3 is 9.84 Å². The van der Waals surface area contributed by atoms with Crippen LogP contribution < -0.4 is 0 Å². The van der Waals surface area contributed by atoms with Crippen LogP contribution in [0, 0.1) is 20.8 Å². The molecule has 0 saturated carbocycles. The Hall–Kier alpha value is -2.04. The van der Waals surface area contributed by atoms with Crippen LogP contribution >= 0.6 is 0 Å². The molecule has 0 spiro atoms. The van der Waals surface area contributed by atoms with Gasteiger partial charge in [-0.1, -0.05) is 12.1 Å². The van der Waals surface area contributed by atoms with E-state index in [9.17, 15) is 14.7 Å². The van der Waals surface area contributed by atoms with Gasteiger partial charge in [-0.3, -0.25) is 4.90 Å². The van der Waals surface area contributed by atoms with Crippen LogP contribution in [0.3, 0.4) is 0 Å². The van der Waals surface area contributed by atoms with E-state index >= 15 is 0 Å². The van der Waals surface area contributed by atoms with Crippen LogP contribution in [0.4, 0.5) is 4.79 Å². The van der Waals surface area contributed by atoms with Crippen molar-refractivity contribution in [2.75, 3.05) is 6.54 Å². The first-order valence-corrected chi connectivity index (χ1v) is 8.31. The fraction of sp³-hybridized carbons (Fsp3) is 0.579. The maximum absolute atomic E-state index is 12.4. The summed E-state index contributed by atoms with van der Waals surface area (Å²) in [5, 5.41) is 9.73. The second-order valence-corrected chi connectivity index (χ2v) is 7.65. The fourth-order valence-corrected chi connectivity index (χ4v) is 3.33. The molecule has 1 saturated heterocycles. The number of hydrogen-bond donors (Lipinski definition) is 1. The molecule has 1 aliphatic heterocycles. The van der Waals surface area contributed by atoms with E-state index in [1.54, 1.807) is 20.8 Å². The smallest absolute Gasteiger partial charge is 0.411 e. The molecule has 0 unspecified atom stereocenters. The molecule has 0 aliphatic carbocycles. The quantitative estimate of drug-likeness (QED) is 0.894. The molecular formula is C19H27NO4. The Labute approximate surface area is 143 Å². The monoisotopic (exact) mass is 333 g/mol. The van der Waals surface area contributed by atoms with Crippen molar-refractivity contribution in [2.45, 2.75) is 65.5 Å². The highest BCUT2D eigenvalue weighted by atomic mass is 16.6. The van der Waals surface area contributed by atoms with Gasteiger partial charge >= 0.3 is 12.1 Å². The van der Waals surface area contributed by atoms with E-state index in [0.29, 0.717) is 13.0 Å². The number of carboxylic acid groups (broad SMARTS) is 1. The number of likely N-dealkylation sites (tertiary alicyclic amines) is 1. The number of nitrogens with zero attached hydrogens (tertiary/aromatic N) is 1. The third-order valence-corrected chi connectivity index (χ3v) is 4.56. The number of hydrogen-bond acceptors (Lipinski definition) is 3. The number of amides is 1. The normalized spacial score (nSPS) is 21.0. The molecule has 5 nitrogen and oxygen atoms in total. The molecule has 5 heteroatoms. The fourth-order valence-electron chi connectivity index (χ4n) is 3.33. The Bertz CT molecular complexity index is 660. The molecule has 1 amide bonds. The zero-order chi connectivity index (χ0) is 18.2. The van der Waals surface area contributed by atoms with Crippen molar-refractivity contribution < 1.29 is 19.4 Å². The average Bonchev–Trinajstić information content (AvgIpc) is 2.85. The van der Waals surface area contributed by atoms with Gasteiger partial charge in [0.15, 0.2) is 0 Å². The van der Waals surface area contributed by atoms with E-state index in [-0.39, 0.29) is 5.92 Å². The van der Waals surface area contributed by atoms with Crippen molar-refractivity contribution in [3.8, 4) is 0 Å². The minimum Gasteiger partial charge on any atom is -0.480 e.